The number of pyridine rings is 1. The monoisotopic (exact) mass is 238 g/mol. The number of nitrogens with one attached hydrogen (secondary N) is 2. The highest BCUT2D eigenvalue weighted by molar-refractivity contribution is 5.84. The normalized spacial score (nSPS) is 10.4. The molecule has 0 bridgehead atoms. The molecule has 0 atom stereocenters. The molecule has 3 rings (SSSR count). The molecule has 0 spiro atoms. The van der Waals surface area contributed by atoms with E-state index in [0.29, 0.717) is 17.0 Å². The number of anilines is 2. The lowest BCUT2D eigenvalue weighted by Crippen LogP contribution is -1.92. The van der Waals surface area contributed by atoms with E-state index in [1.807, 2.05) is 25.4 Å². The summed E-state index contributed by atoms with van der Waals surface area (Å²) in [6.45, 7) is 0. The molecule has 0 saturated carbocycles. The number of aryl methyl sites for hydroxylation is 1. The SMILES string of the molecule is Cn1cc(Nc2ccc3c(C#N)c[nH]c3n2)cn1. The van der Waals surface area contributed by atoms with Crippen LogP contribution in [0.25, 0.3) is 11.0 Å². The van der Waals surface area contributed by atoms with Gasteiger partial charge in [-0.3, -0.25) is 4.68 Å². The first kappa shape index (κ1) is 10.4. The highest BCUT2D eigenvalue weighted by Crippen LogP contribution is 2.20. The molecule has 0 fully saturated rings. The van der Waals surface area contributed by atoms with Crippen LogP contribution in [0.4, 0.5) is 11.5 Å². The first-order valence-electron chi connectivity index (χ1n) is 5.40. The minimum absolute atomic E-state index is 0.602. The average molecular weight is 238 g/mol. The van der Waals surface area contributed by atoms with Gasteiger partial charge >= 0.3 is 0 Å². The van der Waals surface area contributed by atoms with Gasteiger partial charge in [-0.1, -0.05) is 0 Å². The number of fused-ring (bicyclic) bond motifs is 1. The average Bonchev–Trinajstić information content (AvgIpc) is 2.95. The first-order chi connectivity index (χ1) is 8.76. The van der Waals surface area contributed by atoms with Gasteiger partial charge in [0.2, 0.25) is 0 Å². The van der Waals surface area contributed by atoms with E-state index in [0.717, 1.165) is 11.1 Å². The molecular formula is C12H10N6. The maximum Gasteiger partial charge on any atom is 0.141 e. The number of hydrogen-bond donors (Lipinski definition) is 2. The van der Waals surface area contributed by atoms with Gasteiger partial charge in [-0.05, 0) is 12.1 Å². The van der Waals surface area contributed by atoms with Crippen LogP contribution < -0.4 is 5.32 Å². The molecule has 6 nitrogen and oxygen atoms in total. The Bertz CT molecular complexity index is 745. The lowest BCUT2D eigenvalue weighted by Gasteiger charge is -2.01. The van der Waals surface area contributed by atoms with Gasteiger partial charge in [0.05, 0.1) is 17.4 Å². The van der Waals surface area contributed by atoms with Gasteiger partial charge in [-0.25, -0.2) is 4.98 Å². The summed E-state index contributed by atoms with van der Waals surface area (Å²) in [5, 5.41) is 17.0. The molecule has 2 N–H and O–H groups in total. The van der Waals surface area contributed by atoms with Crippen LogP contribution in [-0.2, 0) is 7.05 Å². The Balaban J connectivity index is 1.97. The van der Waals surface area contributed by atoms with Gasteiger partial charge in [0.15, 0.2) is 0 Å². The quantitative estimate of drug-likeness (QED) is 0.714. The molecular weight excluding hydrogens is 228 g/mol. The molecule has 88 valence electrons. The summed E-state index contributed by atoms with van der Waals surface area (Å²) in [5.41, 5.74) is 2.17. The van der Waals surface area contributed by atoms with Gasteiger partial charge in [0.1, 0.15) is 17.5 Å². The standard InChI is InChI=1S/C12H10N6/c1-18-7-9(6-15-18)16-11-3-2-10-8(4-13)5-14-12(10)17-11/h2-3,5-7H,1H3,(H2,14,16,17). The third-order valence-electron chi connectivity index (χ3n) is 2.64. The zero-order valence-electron chi connectivity index (χ0n) is 9.68. The van der Waals surface area contributed by atoms with Crippen molar-refractivity contribution in [3.05, 3.63) is 36.3 Å². The summed E-state index contributed by atoms with van der Waals surface area (Å²) in [6.07, 6.45) is 5.24. The zero-order chi connectivity index (χ0) is 12.5. The third kappa shape index (κ3) is 1.68. The Hall–Kier alpha value is -2.81. The highest BCUT2D eigenvalue weighted by Gasteiger charge is 2.05. The van der Waals surface area contributed by atoms with E-state index in [-0.39, 0.29) is 0 Å². The van der Waals surface area contributed by atoms with Gasteiger partial charge < -0.3 is 10.3 Å². The van der Waals surface area contributed by atoms with Gasteiger partial charge in [-0.2, -0.15) is 10.4 Å². The molecule has 3 aromatic heterocycles. The van der Waals surface area contributed by atoms with E-state index < -0.39 is 0 Å². The lowest BCUT2D eigenvalue weighted by atomic mass is 10.2. The van der Waals surface area contributed by atoms with Crippen molar-refractivity contribution in [2.45, 2.75) is 0 Å². The van der Waals surface area contributed by atoms with Crippen LogP contribution in [0.1, 0.15) is 5.56 Å². The summed E-state index contributed by atoms with van der Waals surface area (Å²) < 4.78 is 1.71. The predicted octanol–water partition coefficient (Wildman–Crippen LogP) is 1.91. The van der Waals surface area contributed by atoms with E-state index >= 15 is 0 Å². The molecule has 0 aliphatic rings. The highest BCUT2D eigenvalue weighted by atomic mass is 15.3. The second-order valence-electron chi connectivity index (χ2n) is 3.93. The number of rotatable bonds is 2. The number of H-pyrrole nitrogens is 1. The number of aromatic nitrogens is 4. The van der Waals surface area contributed by atoms with E-state index in [1.165, 1.54) is 0 Å². The molecule has 0 aliphatic heterocycles. The van der Waals surface area contributed by atoms with Crippen molar-refractivity contribution < 1.29 is 0 Å². The van der Waals surface area contributed by atoms with Gasteiger partial charge in [-0.15, -0.1) is 0 Å². The molecule has 0 unspecified atom stereocenters. The molecule has 0 saturated heterocycles. The van der Waals surface area contributed by atoms with Crippen LogP contribution in [0.2, 0.25) is 0 Å². The van der Waals surface area contributed by atoms with E-state index in [1.54, 1.807) is 17.1 Å². The first-order valence-corrected chi connectivity index (χ1v) is 5.40. The second kappa shape index (κ2) is 3.89. The zero-order valence-corrected chi connectivity index (χ0v) is 9.68. The fourth-order valence-electron chi connectivity index (χ4n) is 1.80. The van der Waals surface area contributed by atoms with Gasteiger partial charge in [0, 0.05) is 24.8 Å². The summed E-state index contributed by atoms with van der Waals surface area (Å²) in [6, 6.07) is 5.83. The topological polar surface area (TPSA) is 82.3 Å². The summed E-state index contributed by atoms with van der Waals surface area (Å²) in [4.78, 5) is 7.37. The summed E-state index contributed by atoms with van der Waals surface area (Å²) in [5.74, 6) is 0.710. The number of hydrogen-bond acceptors (Lipinski definition) is 4. The van der Waals surface area contributed by atoms with Crippen molar-refractivity contribution in [1.29, 1.82) is 5.26 Å². The van der Waals surface area contributed by atoms with Crippen LogP contribution in [0.3, 0.4) is 0 Å². The van der Waals surface area contributed by atoms with Crippen molar-refractivity contribution in [3.63, 3.8) is 0 Å². The molecule has 18 heavy (non-hydrogen) atoms. The Morgan fingerprint density at radius 1 is 1.44 bits per heavy atom. The van der Waals surface area contributed by atoms with E-state index in [4.69, 9.17) is 5.26 Å². The van der Waals surface area contributed by atoms with Crippen molar-refractivity contribution in [3.8, 4) is 6.07 Å². The molecule has 6 heteroatoms. The Morgan fingerprint density at radius 3 is 3.06 bits per heavy atom. The third-order valence-corrected chi connectivity index (χ3v) is 2.64. The predicted molar refractivity (Wildman–Crippen MR) is 67.3 cm³/mol. The summed E-state index contributed by atoms with van der Waals surface area (Å²) >= 11 is 0. The molecule has 0 amide bonds. The van der Waals surface area contributed by atoms with Crippen molar-refractivity contribution >= 4 is 22.5 Å². The maximum atomic E-state index is 8.91. The van der Waals surface area contributed by atoms with E-state index in [2.05, 4.69) is 26.5 Å². The van der Waals surface area contributed by atoms with Crippen LogP contribution in [-0.4, -0.2) is 19.7 Å². The Kier molecular flexibility index (Phi) is 2.24. The van der Waals surface area contributed by atoms with Crippen LogP contribution in [0.5, 0.6) is 0 Å². The summed E-state index contributed by atoms with van der Waals surface area (Å²) in [7, 11) is 1.85. The second-order valence-corrected chi connectivity index (χ2v) is 3.93. The molecule has 0 aliphatic carbocycles. The fraction of sp³-hybridized carbons (Fsp3) is 0.0833. The van der Waals surface area contributed by atoms with E-state index in [9.17, 15) is 0 Å². The Labute approximate surface area is 103 Å². The minimum atomic E-state index is 0.602. The lowest BCUT2D eigenvalue weighted by molar-refractivity contribution is 0.768. The number of nitriles is 1. The smallest absolute Gasteiger partial charge is 0.141 e. The molecule has 3 aromatic rings. The molecule has 0 aromatic carbocycles. The minimum Gasteiger partial charge on any atom is -0.345 e. The number of nitrogens with zero attached hydrogens (tertiary/aromatic N) is 4. The maximum absolute atomic E-state index is 8.91. The Morgan fingerprint density at radius 2 is 2.33 bits per heavy atom. The molecule has 0 radical (unpaired) electrons. The fourth-order valence-corrected chi connectivity index (χ4v) is 1.80. The van der Waals surface area contributed by atoms with Crippen LogP contribution in [0, 0.1) is 11.3 Å². The van der Waals surface area contributed by atoms with Crippen LogP contribution in [0.15, 0.2) is 30.7 Å². The van der Waals surface area contributed by atoms with Crippen molar-refractivity contribution in [2.75, 3.05) is 5.32 Å². The largest absolute Gasteiger partial charge is 0.345 e. The van der Waals surface area contributed by atoms with Gasteiger partial charge in [0.25, 0.3) is 0 Å². The molecule has 3 heterocycles. The number of aromatic amines is 1. The van der Waals surface area contributed by atoms with Crippen molar-refractivity contribution in [1.82, 2.24) is 19.7 Å². The van der Waals surface area contributed by atoms with Crippen molar-refractivity contribution in [2.24, 2.45) is 7.05 Å². The van der Waals surface area contributed by atoms with Crippen LogP contribution >= 0.6 is 0 Å².